The van der Waals surface area contributed by atoms with Crippen LogP contribution in [0.4, 0.5) is 5.69 Å². The lowest BCUT2D eigenvalue weighted by molar-refractivity contribution is -0.384. The van der Waals surface area contributed by atoms with Gasteiger partial charge in [0.2, 0.25) is 0 Å². The Labute approximate surface area is 201 Å². The number of carbonyl (C=O) groups excluding carboxylic acids is 1. The molecular weight excluding hydrogens is 492 g/mol. The van der Waals surface area contributed by atoms with Crippen molar-refractivity contribution < 1.29 is 9.72 Å². The Bertz CT molecular complexity index is 1280. The van der Waals surface area contributed by atoms with E-state index in [0.29, 0.717) is 20.1 Å². The molecule has 1 aliphatic rings. The van der Waals surface area contributed by atoms with E-state index >= 15 is 0 Å². The third-order valence-corrected chi connectivity index (χ3v) is 9.36. The van der Waals surface area contributed by atoms with Crippen molar-refractivity contribution in [3.8, 4) is 0 Å². The largest absolute Gasteiger partial charge is 0.321 e. The maximum Gasteiger partial charge on any atom is 0.269 e. The van der Waals surface area contributed by atoms with E-state index in [1.165, 1.54) is 47.0 Å². The van der Waals surface area contributed by atoms with Crippen molar-refractivity contribution in [3.63, 3.8) is 0 Å². The molecular formula is C21H15ClN2O3S4. The number of nitro groups is 1. The minimum absolute atomic E-state index is 0.00880. The Morgan fingerprint density at radius 3 is 2.42 bits per heavy atom. The van der Waals surface area contributed by atoms with Crippen molar-refractivity contribution in [1.82, 2.24) is 4.57 Å². The number of hydrogen-bond acceptors (Lipinski definition) is 7. The molecule has 0 N–H and O–H groups in total. The summed E-state index contributed by atoms with van der Waals surface area (Å²) in [5, 5.41) is 12.7. The minimum atomic E-state index is -0.429. The molecule has 158 valence electrons. The van der Waals surface area contributed by atoms with Gasteiger partial charge in [-0.15, -0.1) is 23.1 Å². The average Bonchev–Trinajstić information content (AvgIpc) is 3.06. The van der Waals surface area contributed by atoms with Crippen LogP contribution in [-0.4, -0.2) is 21.5 Å². The van der Waals surface area contributed by atoms with Crippen LogP contribution in [0.15, 0.2) is 63.4 Å². The van der Waals surface area contributed by atoms with Gasteiger partial charge in [0.05, 0.1) is 25.0 Å². The normalized spacial score (nSPS) is 15.6. The zero-order valence-corrected chi connectivity index (χ0v) is 20.3. The number of Topliss-reactive ketones (excluding diaryl/α,β-unsaturated/α-hetero) is 1. The van der Waals surface area contributed by atoms with Crippen molar-refractivity contribution in [3.05, 3.63) is 93.4 Å². The van der Waals surface area contributed by atoms with Gasteiger partial charge in [0.25, 0.3) is 5.69 Å². The number of hydrogen-bond donors (Lipinski definition) is 0. The number of halogens is 1. The van der Waals surface area contributed by atoms with Gasteiger partial charge in [0.1, 0.15) is 0 Å². The van der Waals surface area contributed by atoms with Crippen molar-refractivity contribution in [2.75, 3.05) is 6.26 Å². The van der Waals surface area contributed by atoms with Crippen LogP contribution in [0.5, 0.6) is 0 Å². The molecule has 4 rings (SSSR count). The number of thiazole rings is 1. The van der Waals surface area contributed by atoms with Crippen molar-refractivity contribution in [1.29, 1.82) is 0 Å². The quantitative estimate of drug-likeness (QED) is 0.159. The molecule has 0 radical (unpaired) electrons. The van der Waals surface area contributed by atoms with E-state index in [1.54, 1.807) is 36.4 Å². The standard InChI is InChI=1S/C21H15ClN2O3S4/c1-23-19-18(30-21(23)28)15(11-5-9-14(10-6-11)24(26)27)16(20(29-2)31-19)17(25)12-3-7-13(22)8-4-12/h3-10,15H,1-2H3. The van der Waals surface area contributed by atoms with Gasteiger partial charge in [-0.2, -0.15) is 0 Å². The van der Waals surface area contributed by atoms with Gasteiger partial charge < -0.3 is 4.57 Å². The molecule has 31 heavy (non-hydrogen) atoms. The van der Waals surface area contributed by atoms with Gasteiger partial charge in [-0.1, -0.05) is 35.5 Å². The molecule has 1 atom stereocenters. The van der Waals surface area contributed by atoms with E-state index in [-0.39, 0.29) is 17.4 Å². The molecule has 5 nitrogen and oxygen atoms in total. The Hall–Kier alpha value is -1.91. The molecule has 0 bridgehead atoms. The van der Waals surface area contributed by atoms with E-state index in [4.69, 9.17) is 23.8 Å². The Morgan fingerprint density at radius 1 is 1.19 bits per heavy atom. The van der Waals surface area contributed by atoms with Crippen LogP contribution in [0, 0.1) is 14.1 Å². The van der Waals surface area contributed by atoms with Gasteiger partial charge in [0.15, 0.2) is 9.74 Å². The van der Waals surface area contributed by atoms with Gasteiger partial charge in [0, 0.05) is 35.3 Å². The number of nitrogens with zero attached hydrogens (tertiary/aromatic N) is 2. The van der Waals surface area contributed by atoms with Gasteiger partial charge in [-0.05, 0) is 48.3 Å². The topological polar surface area (TPSA) is 65.1 Å². The molecule has 0 saturated heterocycles. The number of allylic oxidation sites excluding steroid dienone is 1. The highest BCUT2D eigenvalue weighted by molar-refractivity contribution is 8.22. The van der Waals surface area contributed by atoms with E-state index in [1.807, 2.05) is 17.9 Å². The van der Waals surface area contributed by atoms with Crippen LogP contribution < -0.4 is 0 Å². The molecule has 0 fully saturated rings. The molecule has 1 unspecified atom stereocenters. The van der Waals surface area contributed by atoms with Gasteiger partial charge in [-0.25, -0.2) is 0 Å². The summed E-state index contributed by atoms with van der Waals surface area (Å²) < 4.78 is 3.56. The predicted octanol–water partition coefficient (Wildman–Crippen LogP) is 7.07. The van der Waals surface area contributed by atoms with Crippen LogP contribution in [-0.2, 0) is 7.05 Å². The number of non-ortho nitro benzene ring substituents is 1. The van der Waals surface area contributed by atoms with E-state index in [9.17, 15) is 14.9 Å². The summed E-state index contributed by atoms with van der Waals surface area (Å²) in [6, 6.07) is 13.2. The number of benzene rings is 2. The first-order valence-electron chi connectivity index (χ1n) is 9.02. The number of fused-ring (bicyclic) bond motifs is 1. The number of aromatic nitrogens is 1. The fourth-order valence-electron chi connectivity index (χ4n) is 3.39. The van der Waals surface area contributed by atoms with Crippen LogP contribution in [0.2, 0.25) is 5.02 Å². The van der Waals surface area contributed by atoms with E-state index in [2.05, 4.69) is 0 Å². The number of carbonyl (C=O) groups is 1. The predicted molar refractivity (Wildman–Crippen MR) is 131 cm³/mol. The molecule has 2 aromatic carbocycles. The molecule has 1 aliphatic heterocycles. The maximum atomic E-state index is 13.7. The minimum Gasteiger partial charge on any atom is -0.321 e. The first kappa shape index (κ1) is 22.3. The number of nitro benzene ring substituents is 1. The van der Waals surface area contributed by atoms with Crippen LogP contribution in [0.25, 0.3) is 0 Å². The zero-order chi connectivity index (χ0) is 22.3. The summed E-state index contributed by atoms with van der Waals surface area (Å²) in [5.74, 6) is -0.458. The van der Waals surface area contributed by atoms with Crippen LogP contribution >= 0.6 is 58.7 Å². The second kappa shape index (κ2) is 8.91. The summed E-state index contributed by atoms with van der Waals surface area (Å²) in [6.07, 6.45) is 1.94. The lowest BCUT2D eigenvalue weighted by Gasteiger charge is -2.27. The molecule has 10 heteroatoms. The molecule has 0 spiro atoms. The molecule has 3 aromatic rings. The molecule has 2 heterocycles. The van der Waals surface area contributed by atoms with E-state index < -0.39 is 4.92 Å². The average molecular weight is 507 g/mol. The van der Waals surface area contributed by atoms with Gasteiger partial charge in [-0.3, -0.25) is 14.9 Å². The van der Waals surface area contributed by atoms with Crippen molar-refractivity contribution in [2.24, 2.45) is 7.05 Å². The smallest absolute Gasteiger partial charge is 0.269 e. The monoisotopic (exact) mass is 506 g/mol. The molecule has 0 amide bonds. The Morgan fingerprint density at radius 2 is 1.84 bits per heavy atom. The first-order valence-corrected chi connectivity index (χ1v) is 12.7. The van der Waals surface area contributed by atoms with Gasteiger partial charge >= 0.3 is 0 Å². The third kappa shape index (κ3) is 4.12. The Balaban J connectivity index is 1.93. The third-order valence-electron chi connectivity index (χ3n) is 4.92. The summed E-state index contributed by atoms with van der Waals surface area (Å²) in [6.45, 7) is 0. The van der Waals surface area contributed by atoms with Crippen LogP contribution in [0.3, 0.4) is 0 Å². The highest BCUT2D eigenvalue weighted by atomic mass is 35.5. The lowest BCUT2D eigenvalue weighted by Crippen LogP contribution is -2.18. The summed E-state index contributed by atoms with van der Waals surface area (Å²) in [7, 11) is 1.92. The van der Waals surface area contributed by atoms with E-state index in [0.717, 1.165) is 19.7 Å². The zero-order valence-electron chi connectivity index (χ0n) is 16.3. The Kier molecular flexibility index (Phi) is 6.41. The van der Waals surface area contributed by atoms with Crippen molar-refractivity contribution in [2.45, 2.75) is 10.9 Å². The highest BCUT2D eigenvalue weighted by Gasteiger charge is 2.37. The summed E-state index contributed by atoms with van der Waals surface area (Å²) in [4.78, 5) is 25.3. The highest BCUT2D eigenvalue weighted by Crippen LogP contribution is 2.53. The fraction of sp³-hybridized carbons (Fsp3) is 0.143. The van der Waals surface area contributed by atoms with Crippen molar-refractivity contribution >= 4 is 70.2 Å². The summed E-state index contributed by atoms with van der Waals surface area (Å²) in [5.41, 5.74) is 2.02. The maximum absolute atomic E-state index is 13.7. The SMILES string of the molecule is CSC1=C(C(=O)c2ccc(Cl)cc2)C(c2ccc([N+](=O)[O-])cc2)c2sc(=S)n(C)c2S1. The molecule has 1 aromatic heterocycles. The second-order valence-corrected chi connectivity index (χ2v) is 10.9. The fourth-order valence-corrected chi connectivity index (χ4v) is 7.19. The summed E-state index contributed by atoms with van der Waals surface area (Å²) >= 11 is 16.1. The van der Waals surface area contributed by atoms with Crippen LogP contribution in [0.1, 0.15) is 26.7 Å². The second-order valence-electron chi connectivity index (χ2n) is 6.72. The molecule has 0 saturated carbocycles. The first-order chi connectivity index (χ1) is 14.8. The number of thioether (sulfide) groups is 2. The lowest BCUT2D eigenvalue weighted by atomic mass is 9.86. The number of rotatable bonds is 5. The molecule has 0 aliphatic carbocycles. The number of ketones is 1.